The largest absolute Gasteiger partial charge is 0.103 e. The molecule has 0 atom stereocenters. The summed E-state index contributed by atoms with van der Waals surface area (Å²) in [5.74, 6) is 0. The summed E-state index contributed by atoms with van der Waals surface area (Å²) < 4.78 is 0. The maximum absolute atomic E-state index is 3.76. The van der Waals surface area contributed by atoms with Gasteiger partial charge in [0.2, 0.25) is 0 Å². The molecule has 0 bridgehead atoms. The Labute approximate surface area is 76.7 Å². The lowest BCUT2D eigenvalue weighted by Gasteiger charge is -2.02. The fourth-order valence-corrected chi connectivity index (χ4v) is 1.14. The van der Waals surface area contributed by atoms with E-state index in [0.717, 1.165) is 6.42 Å². The van der Waals surface area contributed by atoms with Crippen LogP contribution in [0.25, 0.3) is 0 Å². The third kappa shape index (κ3) is 4.95. The molecule has 0 aliphatic rings. The first-order valence-electron chi connectivity index (χ1n) is 4.67. The monoisotopic (exact) mass is 164 g/mol. The number of allylic oxidation sites excluding steroid dienone is 5. The summed E-state index contributed by atoms with van der Waals surface area (Å²) >= 11 is 0. The summed E-state index contributed by atoms with van der Waals surface area (Å²) in [6.07, 6.45) is 9.82. The van der Waals surface area contributed by atoms with Crippen LogP contribution < -0.4 is 0 Å². The summed E-state index contributed by atoms with van der Waals surface area (Å²) in [7, 11) is 0. The molecule has 12 heavy (non-hydrogen) atoms. The lowest BCUT2D eigenvalue weighted by Crippen LogP contribution is -1.82. The van der Waals surface area contributed by atoms with Crippen molar-refractivity contribution in [1.82, 2.24) is 0 Å². The van der Waals surface area contributed by atoms with Crippen LogP contribution in [0.5, 0.6) is 0 Å². The van der Waals surface area contributed by atoms with Crippen molar-refractivity contribution < 1.29 is 0 Å². The lowest BCUT2D eigenvalue weighted by atomic mass is 10.0. The van der Waals surface area contributed by atoms with Gasteiger partial charge in [0.25, 0.3) is 0 Å². The smallest absolute Gasteiger partial charge is 0.0138 e. The van der Waals surface area contributed by atoms with Crippen LogP contribution in [0.2, 0.25) is 0 Å². The van der Waals surface area contributed by atoms with Gasteiger partial charge in [0.15, 0.2) is 0 Å². The molecule has 0 heteroatoms. The summed E-state index contributed by atoms with van der Waals surface area (Å²) in [4.78, 5) is 0. The summed E-state index contributed by atoms with van der Waals surface area (Å²) in [6, 6.07) is 0. The molecule has 0 N–H and O–H groups in total. The quantitative estimate of drug-likeness (QED) is 0.421. The van der Waals surface area contributed by atoms with Crippen molar-refractivity contribution in [3.63, 3.8) is 0 Å². The molecule has 0 heterocycles. The van der Waals surface area contributed by atoms with Crippen LogP contribution in [0, 0.1) is 0 Å². The summed E-state index contributed by atoms with van der Waals surface area (Å²) in [5, 5.41) is 0. The van der Waals surface area contributed by atoms with Crippen molar-refractivity contribution in [3.05, 3.63) is 36.0 Å². The first kappa shape index (κ1) is 11.2. The Kier molecular flexibility index (Phi) is 6.45. The van der Waals surface area contributed by atoms with Crippen molar-refractivity contribution in [1.29, 1.82) is 0 Å². The highest BCUT2D eigenvalue weighted by Crippen LogP contribution is 2.12. The van der Waals surface area contributed by atoms with Crippen LogP contribution in [-0.2, 0) is 0 Å². The highest BCUT2D eigenvalue weighted by atomic mass is 14.0. The average molecular weight is 164 g/mol. The van der Waals surface area contributed by atoms with Gasteiger partial charge < -0.3 is 0 Å². The van der Waals surface area contributed by atoms with Gasteiger partial charge in [0.05, 0.1) is 0 Å². The van der Waals surface area contributed by atoms with Crippen LogP contribution in [0.4, 0.5) is 0 Å². The molecule has 0 aromatic heterocycles. The van der Waals surface area contributed by atoms with Crippen LogP contribution in [0.1, 0.15) is 40.0 Å². The fourth-order valence-electron chi connectivity index (χ4n) is 1.14. The fraction of sp³-hybridized carbons (Fsp3) is 0.500. The van der Waals surface area contributed by atoms with Crippen molar-refractivity contribution in [2.45, 2.75) is 40.0 Å². The SMILES string of the molecule is C=CC/C(=C\C(C)=C\C)CCC. The number of hydrogen-bond acceptors (Lipinski definition) is 0. The van der Waals surface area contributed by atoms with Gasteiger partial charge in [-0.1, -0.05) is 42.7 Å². The second-order valence-corrected chi connectivity index (χ2v) is 3.08. The molecular weight excluding hydrogens is 144 g/mol. The Bertz CT molecular complexity index is 182. The molecule has 0 rings (SSSR count). The number of rotatable bonds is 5. The molecular formula is C12H20. The highest BCUT2D eigenvalue weighted by Gasteiger charge is 1.92. The Morgan fingerprint density at radius 2 is 2.08 bits per heavy atom. The molecule has 0 saturated carbocycles. The van der Waals surface area contributed by atoms with Crippen LogP contribution in [0.3, 0.4) is 0 Å². The van der Waals surface area contributed by atoms with E-state index in [-0.39, 0.29) is 0 Å². The second-order valence-electron chi connectivity index (χ2n) is 3.08. The Morgan fingerprint density at radius 1 is 1.42 bits per heavy atom. The van der Waals surface area contributed by atoms with E-state index in [9.17, 15) is 0 Å². The molecule has 0 radical (unpaired) electrons. The zero-order valence-electron chi connectivity index (χ0n) is 8.56. The van der Waals surface area contributed by atoms with E-state index < -0.39 is 0 Å². The Hall–Kier alpha value is -0.780. The first-order chi connectivity index (χ1) is 5.74. The molecule has 0 saturated heterocycles. The normalized spacial score (nSPS) is 13.2. The number of hydrogen-bond donors (Lipinski definition) is 0. The molecule has 0 aromatic carbocycles. The zero-order chi connectivity index (χ0) is 9.40. The Balaban J connectivity index is 4.25. The van der Waals surface area contributed by atoms with E-state index in [1.807, 2.05) is 6.08 Å². The highest BCUT2D eigenvalue weighted by molar-refractivity contribution is 5.22. The minimum Gasteiger partial charge on any atom is -0.103 e. The average Bonchev–Trinajstić information content (AvgIpc) is 2.05. The second kappa shape index (κ2) is 6.90. The molecule has 0 amide bonds. The van der Waals surface area contributed by atoms with Gasteiger partial charge in [-0.25, -0.2) is 0 Å². The standard InChI is InChI=1S/C12H20/c1-5-8-12(9-6-2)10-11(4)7-3/h5,7,10H,1,6,8-9H2,2-4H3/b11-7+,12-10+. The predicted octanol–water partition coefficient (Wildman–Crippen LogP) is 4.26. The van der Waals surface area contributed by atoms with Crippen molar-refractivity contribution in [3.8, 4) is 0 Å². The third-order valence-electron chi connectivity index (χ3n) is 1.86. The van der Waals surface area contributed by atoms with E-state index in [2.05, 4.69) is 39.5 Å². The minimum absolute atomic E-state index is 1.03. The topological polar surface area (TPSA) is 0 Å². The maximum atomic E-state index is 3.76. The van der Waals surface area contributed by atoms with Crippen molar-refractivity contribution >= 4 is 0 Å². The van der Waals surface area contributed by atoms with E-state index >= 15 is 0 Å². The summed E-state index contributed by atoms with van der Waals surface area (Å²) in [5.41, 5.74) is 2.84. The predicted molar refractivity (Wildman–Crippen MR) is 57.2 cm³/mol. The van der Waals surface area contributed by atoms with Gasteiger partial charge in [-0.2, -0.15) is 0 Å². The van der Waals surface area contributed by atoms with Gasteiger partial charge in [-0.3, -0.25) is 0 Å². The molecule has 0 aliphatic carbocycles. The van der Waals surface area contributed by atoms with Gasteiger partial charge in [-0.15, -0.1) is 6.58 Å². The molecule has 0 aromatic rings. The zero-order valence-corrected chi connectivity index (χ0v) is 8.56. The van der Waals surface area contributed by atoms with Crippen molar-refractivity contribution in [2.75, 3.05) is 0 Å². The molecule has 0 fully saturated rings. The van der Waals surface area contributed by atoms with Crippen LogP contribution in [0.15, 0.2) is 36.0 Å². The van der Waals surface area contributed by atoms with Gasteiger partial charge in [-0.05, 0) is 26.7 Å². The third-order valence-corrected chi connectivity index (χ3v) is 1.86. The summed E-state index contributed by atoms with van der Waals surface area (Å²) in [6.45, 7) is 10.2. The van der Waals surface area contributed by atoms with Crippen LogP contribution >= 0.6 is 0 Å². The maximum Gasteiger partial charge on any atom is -0.0138 e. The lowest BCUT2D eigenvalue weighted by molar-refractivity contribution is 0.878. The van der Waals surface area contributed by atoms with Crippen molar-refractivity contribution in [2.24, 2.45) is 0 Å². The Morgan fingerprint density at radius 3 is 2.50 bits per heavy atom. The minimum atomic E-state index is 1.03. The molecule has 0 spiro atoms. The molecule has 68 valence electrons. The van der Waals surface area contributed by atoms with Gasteiger partial charge >= 0.3 is 0 Å². The molecule has 0 aliphatic heterocycles. The van der Waals surface area contributed by atoms with E-state index in [1.165, 1.54) is 24.0 Å². The first-order valence-corrected chi connectivity index (χ1v) is 4.67. The van der Waals surface area contributed by atoms with Gasteiger partial charge in [0.1, 0.15) is 0 Å². The van der Waals surface area contributed by atoms with E-state index in [0.29, 0.717) is 0 Å². The van der Waals surface area contributed by atoms with E-state index in [1.54, 1.807) is 0 Å². The molecule has 0 unspecified atom stereocenters. The van der Waals surface area contributed by atoms with E-state index in [4.69, 9.17) is 0 Å². The molecule has 0 nitrogen and oxygen atoms in total. The van der Waals surface area contributed by atoms with Crippen LogP contribution in [-0.4, -0.2) is 0 Å². The van der Waals surface area contributed by atoms with Gasteiger partial charge in [0, 0.05) is 0 Å².